The van der Waals surface area contributed by atoms with Gasteiger partial charge in [0.05, 0.1) is 18.3 Å². The Morgan fingerprint density at radius 1 is 1.18 bits per heavy atom. The highest BCUT2D eigenvalue weighted by Crippen LogP contribution is 2.24. The molecule has 9 nitrogen and oxygen atoms in total. The van der Waals surface area contributed by atoms with E-state index in [4.69, 9.17) is 4.98 Å². The number of aryl methyl sites for hydroxylation is 2. The summed E-state index contributed by atoms with van der Waals surface area (Å²) in [4.78, 5) is 37.4. The standard InChI is InChI=1S/C24H23N7O2/c1-2-9-31-23(33)20-22(30-10-8-25-24(30)31)28-21(27-20)17-12-26-29(14-17)13-15-6-7-18-16(11-15)4-3-5-19(18)32/h6-8,10-12,14H,2-5,9,13H2,1H3,(H,27,28). The number of hydrogen-bond donors (Lipinski definition) is 1. The van der Waals surface area contributed by atoms with E-state index in [1.165, 1.54) is 0 Å². The molecule has 1 aliphatic carbocycles. The van der Waals surface area contributed by atoms with Gasteiger partial charge >= 0.3 is 0 Å². The van der Waals surface area contributed by atoms with Crippen LogP contribution >= 0.6 is 0 Å². The molecule has 0 spiro atoms. The van der Waals surface area contributed by atoms with Crippen LogP contribution in [0.1, 0.15) is 47.7 Å². The molecule has 33 heavy (non-hydrogen) atoms. The Kier molecular flexibility index (Phi) is 4.49. The molecular formula is C24H23N7O2. The Labute approximate surface area is 188 Å². The zero-order chi connectivity index (χ0) is 22.5. The van der Waals surface area contributed by atoms with Crippen LogP contribution < -0.4 is 5.56 Å². The van der Waals surface area contributed by atoms with E-state index in [2.05, 4.69) is 21.1 Å². The molecule has 0 saturated carbocycles. The van der Waals surface area contributed by atoms with Crippen LogP contribution in [-0.2, 0) is 19.5 Å². The largest absolute Gasteiger partial charge is 0.332 e. The van der Waals surface area contributed by atoms with E-state index in [1.807, 2.05) is 40.5 Å². The molecule has 0 unspecified atom stereocenters. The number of nitrogens with one attached hydrogen (secondary N) is 1. The predicted molar refractivity (Wildman–Crippen MR) is 123 cm³/mol. The minimum Gasteiger partial charge on any atom is -0.332 e. The quantitative estimate of drug-likeness (QED) is 0.451. The molecule has 0 amide bonds. The van der Waals surface area contributed by atoms with Gasteiger partial charge in [0, 0.05) is 37.1 Å². The third-order valence-electron chi connectivity index (χ3n) is 6.25. The smallest absolute Gasteiger partial charge is 0.280 e. The molecule has 6 rings (SSSR count). The summed E-state index contributed by atoms with van der Waals surface area (Å²) >= 11 is 0. The number of rotatable bonds is 5. The fourth-order valence-corrected chi connectivity index (χ4v) is 4.69. The SMILES string of the molecule is CCCn1c(=O)c2[nH]c(-c3cnn(Cc4ccc5c(c4)CCCC5=O)c3)nc2n2ccnc12. The minimum atomic E-state index is -0.125. The monoisotopic (exact) mass is 441 g/mol. The van der Waals surface area contributed by atoms with Crippen molar-refractivity contribution in [1.82, 2.24) is 33.7 Å². The number of ketones is 1. The first-order valence-corrected chi connectivity index (χ1v) is 11.3. The van der Waals surface area contributed by atoms with E-state index in [-0.39, 0.29) is 11.3 Å². The van der Waals surface area contributed by atoms with Gasteiger partial charge in [-0.15, -0.1) is 0 Å². The highest BCUT2D eigenvalue weighted by Gasteiger charge is 2.18. The summed E-state index contributed by atoms with van der Waals surface area (Å²) in [5.41, 5.74) is 4.77. The zero-order valence-electron chi connectivity index (χ0n) is 18.3. The maximum atomic E-state index is 13.1. The maximum absolute atomic E-state index is 13.1. The summed E-state index contributed by atoms with van der Waals surface area (Å²) in [6, 6.07) is 6.05. The Morgan fingerprint density at radius 2 is 2.09 bits per heavy atom. The summed E-state index contributed by atoms with van der Waals surface area (Å²) in [6.45, 7) is 3.22. The van der Waals surface area contributed by atoms with Crippen molar-refractivity contribution >= 4 is 22.7 Å². The lowest BCUT2D eigenvalue weighted by Gasteiger charge is -2.15. The van der Waals surface area contributed by atoms with Crippen LogP contribution in [0.15, 0.2) is 47.8 Å². The molecule has 0 atom stereocenters. The number of imidazole rings is 2. The van der Waals surface area contributed by atoms with Gasteiger partial charge in [0.2, 0.25) is 5.78 Å². The lowest BCUT2D eigenvalue weighted by atomic mass is 9.89. The topological polar surface area (TPSA) is 103 Å². The predicted octanol–water partition coefficient (Wildman–Crippen LogP) is 3.21. The number of nitrogens with zero attached hydrogens (tertiary/aromatic N) is 6. The van der Waals surface area contributed by atoms with Gasteiger partial charge in [0.15, 0.2) is 16.9 Å². The minimum absolute atomic E-state index is 0.125. The number of aromatic amines is 1. The molecular weight excluding hydrogens is 418 g/mol. The van der Waals surface area contributed by atoms with Gasteiger partial charge in [-0.3, -0.25) is 23.2 Å². The lowest BCUT2D eigenvalue weighted by molar-refractivity contribution is 0.0972. The number of benzene rings is 1. The van der Waals surface area contributed by atoms with Crippen molar-refractivity contribution in [3.8, 4) is 11.4 Å². The summed E-state index contributed by atoms with van der Waals surface area (Å²) in [5.74, 6) is 1.42. The van der Waals surface area contributed by atoms with Crippen molar-refractivity contribution in [2.24, 2.45) is 0 Å². The average molecular weight is 441 g/mol. The van der Waals surface area contributed by atoms with Crippen molar-refractivity contribution < 1.29 is 4.79 Å². The molecule has 1 aromatic carbocycles. The molecule has 5 aromatic rings. The van der Waals surface area contributed by atoms with Crippen LogP contribution in [0, 0.1) is 0 Å². The molecule has 1 aliphatic rings. The first kappa shape index (κ1) is 19.7. The van der Waals surface area contributed by atoms with Gasteiger partial charge in [0.1, 0.15) is 5.82 Å². The molecule has 0 saturated heterocycles. The first-order valence-electron chi connectivity index (χ1n) is 11.3. The number of aromatic nitrogens is 7. The number of H-pyrrole nitrogens is 1. The molecule has 1 N–H and O–H groups in total. The van der Waals surface area contributed by atoms with Crippen LogP contribution in [0.25, 0.3) is 28.3 Å². The van der Waals surface area contributed by atoms with E-state index < -0.39 is 0 Å². The van der Waals surface area contributed by atoms with Gasteiger partial charge in [-0.1, -0.05) is 25.1 Å². The molecule has 4 aromatic heterocycles. The molecule has 0 bridgehead atoms. The number of hydrogen-bond acceptors (Lipinski definition) is 5. The normalized spacial score (nSPS) is 13.8. The molecule has 0 radical (unpaired) electrons. The molecule has 166 valence electrons. The Bertz CT molecular complexity index is 1580. The lowest BCUT2D eigenvalue weighted by Crippen LogP contribution is -2.23. The van der Waals surface area contributed by atoms with Crippen molar-refractivity contribution in [2.45, 2.75) is 45.7 Å². The highest BCUT2D eigenvalue weighted by molar-refractivity contribution is 5.98. The van der Waals surface area contributed by atoms with E-state index in [0.29, 0.717) is 42.3 Å². The van der Waals surface area contributed by atoms with E-state index >= 15 is 0 Å². The second-order valence-electron chi connectivity index (χ2n) is 8.53. The number of Topliss-reactive ketones (excluding diaryl/α,β-unsaturated/α-hetero) is 1. The van der Waals surface area contributed by atoms with Crippen LogP contribution in [0.4, 0.5) is 0 Å². The summed E-state index contributed by atoms with van der Waals surface area (Å²) < 4.78 is 5.36. The fourth-order valence-electron chi connectivity index (χ4n) is 4.69. The first-order chi connectivity index (χ1) is 16.1. The molecule has 0 fully saturated rings. The van der Waals surface area contributed by atoms with Crippen LogP contribution in [0.5, 0.6) is 0 Å². The summed E-state index contributed by atoms with van der Waals surface area (Å²) in [5, 5.41) is 4.49. The third-order valence-corrected chi connectivity index (χ3v) is 6.25. The summed E-state index contributed by atoms with van der Waals surface area (Å²) in [7, 11) is 0. The van der Waals surface area contributed by atoms with Crippen molar-refractivity contribution in [3.05, 3.63) is 70.0 Å². The van der Waals surface area contributed by atoms with E-state index in [9.17, 15) is 9.59 Å². The molecule has 0 aliphatic heterocycles. The highest BCUT2D eigenvalue weighted by atomic mass is 16.1. The Morgan fingerprint density at radius 3 is 2.97 bits per heavy atom. The van der Waals surface area contributed by atoms with Crippen molar-refractivity contribution in [2.75, 3.05) is 0 Å². The van der Waals surface area contributed by atoms with Gasteiger partial charge < -0.3 is 4.98 Å². The van der Waals surface area contributed by atoms with Gasteiger partial charge in [-0.25, -0.2) is 9.97 Å². The number of carbonyl (C=O) groups is 1. The van der Waals surface area contributed by atoms with E-state index in [1.54, 1.807) is 17.0 Å². The molecule has 4 heterocycles. The van der Waals surface area contributed by atoms with Gasteiger partial charge in [0.25, 0.3) is 5.56 Å². The Hall–Kier alpha value is -4.01. The van der Waals surface area contributed by atoms with Crippen LogP contribution in [0.3, 0.4) is 0 Å². The zero-order valence-corrected chi connectivity index (χ0v) is 18.3. The van der Waals surface area contributed by atoms with Gasteiger partial charge in [-0.05, 0) is 30.4 Å². The average Bonchev–Trinajstić information content (AvgIpc) is 3.55. The molecule has 9 heteroatoms. The fraction of sp³-hybridized carbons (Fsp3) is 0.292. The van der Waals surface area contributed by atoms with Gasteiger partial charge in [-0.2, -0.15) is 5.10 Å². The third kappa shape index (κ3) is 3.19. The maximum Gasteiger partial charge on any atom is 0.280 e. The van der Waals surface area contributed by atoms with Crippen molar-refractivity contribution in [1.29, 1.82) is 0 Å². The van der Waals surface area contributed by atoms with E-state index in [0.717, 1.165) is 41.5 Å². The van der Waals surface area contributed by atoms with Crippen molar-refractivity contribution in [3.63, 3.8) is 0 Å². The van der Waals surface area contributed by atoms with Crippen LogP contribution in [0.2, 0.25) is 0 Å². The second-order valence-corrected chi connectivity index (χ2v) is 8.53. The Balaban J connectivity index is 1.35. The summed E-state index contributed by atoms with van der Waals surface area (Å²) in [6.07, 6.45) is 10.5. The second kappa shape index (κ2) is 7.54. The number of carbonyl (C=O) groups excluding carboxylic acids is 1. The number of fused-ring (bicyclic) bond motifs is 4. The van der Waals surface area contributed by atoms with Crippen LogP contribution in [-0.4, -0.2) is 39.5 Å².